The number of thiazole rings is 1. The number of fused-ring (bicyclic) bond motifs is 1. The number of alkyl halides is 3. The molecule has 1 atom stereocenters. The fraction of sp³-hybridized carbons (Fsp3) is 0.429. The first-order valence-corrected chi connectivity index (χ1v) is 7.98. The van der Waals surface area contributed by atoms with E-state index in [0.29, 0.717) is 35.1 Å². The number of morpholine rings is 1. The first kappa shape index (κ1) is 19.7. The van der Waals surface area contributed by atoms with Gasteiger partial charge in [0, 0.05) is 25.1 Å². The number of anilines is 1. The average molecular weight is 398 g/mol. The maximum Gasteiger partial charge on any atom is 0.573 e. The van der Waals surface area contributed by atoms with Gasteiger partial charge in [-0.1, -0.05) is 11.3 Å². The highest BCUT2D eigenvalue weighted by atomic mass is 35.5. The van der Waals surface area contributed by atoms with E-state index in [1.807, 2.05) is 0 Å². The molecule has 2 heterocycles. The van der Waals surface area contributed by atoms with Gasteiger partial charge in [-0.3, -0.25) is 4.79 Å². The molecule has 0 radical (unpaired) electrons. The SMILES string of the molecule is Cl.O=C(CC1COCCN1)Nc1nc2ccc(OC(F)(F)F)cc2s1. The Kier molecular flexibility index (Phi) is 6.44. The number of hydrogen-bond acceptors (Lipinski definition) is 6. The van der Waals surface area contributed by atoms with Crippen molar-refractivity contribution in [1.82, 2.24) is 10.3 Å². The minimum Gasteiger partial charge on any atom is -0.406 e. The quantitative estimate of drug-likeness (QED) is 0.830. The molecule has 6 nitrogen and oxygen atoms in total. The zero-order chi connectivity index (χ0) is 17.2. The minimum absolute atomic E-state index is 0. The smallest absolute Gasteiger partial charge is 0.406 e. The van der Waals surface area contributed by atoms with Crippen molar-refractivity contribution in [2.75, 3.05) is 25.1 Å². The summed E-state index contributed by atoms with van der Waals surface area (Å²) in [6.07, 6.45) is -4.51. The van der Waals surface area contributed by atoms with E-state index < -0.39 is 6.36 Å². The number of rotatable bonds is 4. The van der Waals surface area contributed by atoms with Crippen LogP contribution in [0.5, 0.6) is 5.75 Å². The van der Waals surface area contributed by atoms with E-state index in [9.17, 15) is 18.0 Å². The van der Waals surface area contributed by atoms with E-state index in [1.165, 1.54) is 18.2 Å². The highest BCUT2D eigenvalue weighted by Crippen LogP contribution is 2.31. The van der Waals surface area contributed by atoms with Crippen LogP contribution in [0.2, 0.25) is 0 Å². The lowest BCUT2D eigenvalue weighted by molar-refractivity contribution is -0.274. The molecule has 1 saturated heterocycles. The molecule has 0 saturated carbocycles. The summed E-state index contributed by atoms with van der Waals surface area (Å²) in [6.45, 7) is 1.78. The van der Waals surface area contributed by atoms with Gasteiger partial charge in [0.15, 0.2) is 5.13 Å². The Morgan fingerprint density at radius 1 is 1.48 bits per heavy atom. The van der Waals surface area contributed by atoms with Gasteiger partial charge < -0.3 is 20.1 Å². The molecule has 1 unspecified atom stereocenters. The summed E-state index contributed by atoms with van der Waals surface area (Å²) >= 11 is 1.09. The molecule has 2 N–H and O–H groups in total. The standard InChI is InChI=1S/C14H14F3N3O3S.ClH/c15-14(16,17)23-9-1-2-10-11(6-9)24-13(19-10)20-12(21)5-8-7-22-4-3-18-8;/h1-2,6,8,18H,3-5,7H2,(H,19,20,21);1H. The first-order chi connectivity index (χ1) is 11.4. The molecule has 1 aliphatic heterocycles. The molecule has 138 valence electrons. The summed E-state index contributed by atoms with van der Waals surface area (Å²) < 4.78 is 46.3. The topological polar surface area (TPSA) is 72.5 Å². The van der Waals surface area contributed by atoms with Gasteiger partial charge in [0.05, 0.1) is 23.4 Å². The van der Waals surface area contributed by atoms with Crippen LogP contribution in [0.1, 0.15) is 6.42 Å². The van der Waals surface area contributed by atoms with E-state index in [0.717, 1.165) is 11.3 Å². The van der Waals surface area contributed by atoms with E-state index in [1.54, 1.807) is 0 Å². The van der Waals surface area contributed by atoms with Crippen molar-refractivity contribution in [3.8, 4) is 5.75 Å². The van der Waals surface area contributed by atoms with Crippen LogP contribution in [0.4, 0.5) is 18.3 Å². The maximum atomic E-state index is 12.2. The highest BCUT2D eigenvalue weighted by Gasteiger charge is 2.31. The van der Waals surface area contributed by atoms with Gasteiger partial charge in [-0.15, -0.1) is 25.6 Å². The van der Waals surface area contributed by atoms with Gasteiger partial charge in [0.1, 0.15) is 5.75 Å². The largest absolute Gasteiger partial charge is 0.573 e. The fourth-order valence-corrected chi connectivity index (χ4v) is 3.21. The van der Waals surface area contributed by atoms with Gasteiger partial charge in [0.25, 0.3) is 0 Å². The third kappa shape index (κ3) is 5.70. The number of benzene rings is 1. The van der Waals surface area contributed by atoms with Gasteiger partial charge in [-0.2, -0.15) is 0 Å². The van der Waals surface area contributed by atoms with Crippen molar-refractivity contribution in [3.05, 3.63) is 18.2 Å². The van der Waals surface area contributed by atoms with Gasteiger partial charge in [-0.25, -0.2) is 4.98 Å². The van der Waals surface area contributed by atoms with E-state index in [-0.39, 0.29) is 36.5 Å². The van der Waals surface area contributed by atoms with Crippen LogP contribution < -0.4 is 15.4 Å². The Labute approximate surface area is 151 Å². The van der Waals surface area contributed by atoms with Gasteiger partial charge in [-0.05, 0) is 12.1 Å². The number of carbonyl (C=O) groups is 1. The molecule has 3 rings (SSSR count). The number of ether oxygens (including phenoxy) is 2. The molecular weight excluding hydrogens is 383 g/mol. The third-order valence-electron chi connectivity index (χ3n) is 3.27. The Hall–Kier alpha value is -1.62. The summed E-state index contributed by atoms with van der Waals surface area (Å²) in [7, 11) is 0. The average Bonchev–Trinajstić information content (AvgIpc) is 2.87. The lowest BCUT2D eigenvalue weighted by Crippen LogP contribution is -2.43. The Bertz CT molecular complexity index is 735. The monoisotopic (exact) mass is 397 g/mol. The van der Waals surface area contributed by atoms with Crippen LogP contribution in [0, 0.1) is 0 Å². The molecule has 1 aliphatic rings. The lowest BCUT2D eigenvalue weighted by atomic mass is 10.2. The number of nitrogens with one attached hydrogen (secondary N) is 2. The summed E-state index contributed by atoms with van der Waals surface area (Å²) in [5, 5.41) is 6.15. The number of halogens is 4. The molecule has 2 aromatic rings. The highest BCUT2D eigenvalue weighted by molar-refractivity contribution is 7.22. The zero-order valence-electron chi connectivity index (χ0n) is 12.8. The lowest BCUT2D eigenvalue weighted by Gasteiger charge is -2.22. The number of carbonyl (C=O) groups excluding carboxylic acids is 1. The van der Waals surface area contributed by atoms with Gasteiger partial charge >= 0.3 is 6.36 Å². The minimum atomic E-state index is -4.75. The van der Waals surface area contributed by atoms with E-state index >= 15 is 0 Å². The molecular formula is C14H15ClF3N3O3S. The van der Waals surface area contributed by atoms with Crippen LogP contribution >= 0.6 is 23.7 Å². The molecule has 1 aromatic heterocycles. The van der Waals surface area contributed by atoms with Crippen molar-refractivity contribution in [2.24, 2.45) is 0 Å². The summed E-state index contributed by atoms with van der Waals surface area (Å²) in [6, 6.07) is 3.79. The number of hydrogen-bond donors (Lipinski definition) is 2. The molecule has 11 heteroatoms. The summed E-state index contributed by atoms with van der Waals surface area (Å²) in [5.41, 5.74) is 0.490. The second kappa shape index (κ2) is 8.17. The molecule has 25 heavy (non-hydrogen) atoms. The molecule has 1 fully saturated rings. The first-order valence-electron chi connectivity index (χ1n) is 7.16. The van der Waals surface area contributed by atoms with Crippen molar-refractivity contribution < 1.29 is 27.4 Å². The van der Waals surface area contributed by atoms with E-state index in [4.69, 9.17) is 4.74 Å². The van der Waals surface area contributed by atoms with Crippen LogP contribution in [-0.4, -0.2) is 43.1 Å². The molecule has 1 aromatic carbocycles. The maximum absolute atomic E-state index is 12.2. The number of aromatic nitrogens is 1. The predicted molar refractivity (Wildman–Crippen MR) is 89.4 cm³/mol. The van der Waals surface area contributed by atoms with E-state index in [2.05, 4.69) is 20.4 Å². The summed E-state index contributed by atoms with van der Waals surface area (Å²) in [4.78, 5) is 16.2. The Balaban J connectivity index is 0.00000225. The van der Waals surface area contributed by atoms with Gasteiger partial charge in [0.2, 0.25) is 5.91 Å². The third-order valence-corrected chi connectivity index (χ3v) is 4.20. The fourth-order valence-electron chi connectivity index (χ4n) is 2.30. The number of amides is 1. The predicted octanol–water partition coefficient (Wildman–Crippen LogP) is 2.93. The van der Waals surface area contributed by atoms with Crippen molar-refractivity contribution in [2.45, 2.75) is 18.8 Å². The van der Waals surface area contributed by atoms with Crippen molar-refractivity contribution in [1.29, 1.82) is 0 Å². The second-order valence-electron chi connectivity index (χ2n) is 5.17. The number of nitrogens with zero attached hydrogens (tertiary/aromatic N) is 1. The Morgan fingerprint density at radius 2 is 2.28 bits per heavy atom. The molecule has 0 aliphatic carbocycles. The molecule has 1 amide bonds. The van der Waals surface area contributed by atoms with Crippen LogP contribution in [0.25, 0.3) is 10.2 Å². The zero-order valence-corrected chi connectivity index (χ0v) is 14.4. The van der Waals surface area contributed by atoms with Crippen LogP contribution in [0.15, 0.2) is 18.2 Å². The molecule has 0 spiro atoms. The summed E-state index contributed by atoms with van der Waals surface area (Å²) in [5.74, 6) is -0.552. The second-order valence-corrected chi connectivity index (χ2v) is 6.21. The van der Waals surface area contributed by atoms with Crippen LogP contribution in [0.3, 0.4) is 0 Å². The molecule has 0 bridgehead atoms. The normalized spacial score (nSPS) is 17.8. The van der Waals surface area contributed by atoms with Crippen LogP contribution in [-0.2, 0) is 9.53 Å². The van der Waals surface area contributed by atoms with Crippen molar-refractivity contribution >= 4 is 45.0 Å². The van der Waals surface area contributed by atoms with Crippen molar-refractivity contribution in [3.63, 3.8) is 0 Å². The Morgan fingerprint density at radius 3 is 2.96 bits per heavy atom.